The van der Waals surface area contributed by atoms with Gasteiger partial charge < -0.3 is 5.32 Å². The fraction of sp³-hybridized carbons (Fsp3) is 0.967. The van der Waals surface area contributed by atoms with Crippen LogP contribution in [0.5, 0.6) is 0 Å². The summed E-state index contributed by atoms with van der Waals surface area (Å²) in [7, 11) is 0. The Balaban J connectivity index is 4.34. The van der Waals surface area contributed by atoms with Gasteiger partial charge in [0, 0.05) is 12.5 Å². The molecule has 0 aliphatic rings. The lowest BCUT2D eigenvalue weighted by atomic mass is 9.76. The standard InChI is InChI=1S/C30H61NO/c1-10-11-12-13-14-15-16-17-18-19-22-31-28(32)27(26(3)24-30(7,8)9)21-20-25(2)23-29(4,5)6/h25-27H,10-24H2,1-9H3,(H,31,32). The van der Waals surface area contributed by atoms with E-state index in [-0.39, 0.29) is 11.3 Å². The lowest BCUT2D eigenvalue weighted by molar-refractivity contribution is -0.127. The summed E-state index contributed by atoms with van der Waals surface area (Å²) in [5.41, 5.74) is 0.634. The monoisotopic (exact) mass is 451 g/mol. The number of amides is 1. The summed E-state index contributed by atoms with van der Waals surface area (Å²) in [5.74, 6) is 1.57. The first kappa shape index (κ1) is 31.5. The van der Waals surface area contributed by atoms with Crippen molar-refractivity contribution in [3.8, 4) is 0 Å². The van der Waals surface area contributed by atoms with Gasteiger partial charge in [0.15, 0.2) is 0 Å². The highest BCUT2D eigenvalue weighted by Crippen LogP contribution is 2.33. The number of hydrogen-bond donors (Lipinski definition) is 1. The quantitative estimate of drug-likeness (QED) is 0.206. The van der Waals surface area contributed by atoms with Crippen LogP contribution in [0.1, 0.15) is 152 Å². The molecule has 0 heterocycles. The molecule has 3 atom stereocenters. The van der Waals surface area contributed by atoms with Crippen LogP contribution in [-0.2, 0) is 4.79 Å². The van der Waals surface area contributed by atoms with E-state index < -0.39 is 0 Å². The topological polar surface area (TPSA) is 29.1 Å². The average molecular weight is 452 g/mol. The zero-order valence-corrected chi connectivity index (χ0v) is 23.7. The van der Waals surface area contributed by atoms with E-state index >= 15 is 0 Å². The van der Waals surface area contributed by atoms with E-state index in [1.165, 1.54) is 64.2 Å². The number of nitrogens with one attached hydrogen (secondary N) is 1. The van der Waals surface area contributed by atoms with Crippen molar-refractivity contribution in [2.45, 2.75) is 152 Å². The SMILES string of the molecule is CCCCCCCCCCCCNC(=O)C(CCC(C)CC(C)(C)C)C(C)CC(C)(C)C. The third-order valence-corrected chi connectivity index (χ3v) is 6.72. The summed E-state index contributed by atoms with van der Waals surface area (Å²) in [6, 6.07) is 0. The van der Waals surface area contributed by atoms with Crippen molar-refractivity contribution < 1.29 is 4.79 Å². The number of hydrogen-bond acceptors (Lipinski definition) is 1. The van der Waals surface area contributed by atoms with Crippen molar-refractivity contribution in [2.75, 3.05) is 6.54 Å². The summed E-state index contributed by atoms with van der Waals surface area (Å²) in [5, 5.41) is 3.31. The molecule has 1 N–H and O–H groups in total. The molecule has 0 aliphatic carbocycles. The van der Waals surface area contributed by atoms with Crippen LogP contribution in [0.4, 0.5) is 0 Å². The minimum absolute atomic E-state index is 0.153. The molecule has 0 bridgehead atoms. The number of unbranched alkanes of at least 4 members (excludes halogenated alkanes) is 9. The van der Waals surface area contributed by atoms with E-state index in [0.717, 1.165) is 32.2 Å². The van der Waals surface area contributed by atoms with Crippen molar-refractivity contribution in [1.29, 1.82) is 0 Å². The van der Waals surface area contributed by atoms with Gasteiger partial charge in [0.2, 0.25) is 5.91 Å². The van der Waals surface area contributed by atoms with Gasteiger partial charge >= 0.3 is 0 Å². The van der Waals surface area contributed by atoms with Crippen LogP contribution >= 0.6 is 0 Å². The molecule has 0 saturated heterocycles. The zero-order chi connectivity index (χ0) is 24.6. The van der Waals surface area contributed by atoms with Crippen LogP contribution in [0, 0.1) is 28.6 Å². The summed E-state index contributed by atoms with van der Waals surface area (Å²) in [6.07, 6.45) is 17.9. The van der Waals surface area contributed by atoms with Gasteiger partial charge in [-0.25, -0.2) is 0 Å². The molecule has 0 aromatic carbocycles. The minimum Gasteiger partial charge on any atom is -0.356 e. The number of carbonyl (C=O) groups excluding carboxylic acids is 1. The molecule has 0 radical (unpaired) electrons. The van der Waals surface area contributed by atoms with E-state index in [9.17, 15) is 4.79 Å². The van der Waals surface area contributed by atoms with Crippen molar-refractivity contribution in [2.24, 2.45) is 28.6 Å². The Labute approximate surface area is 203 Å². The van der Waals surface area contributed by atoms with Gasteiger partial charge in [0.05, 0.1) is 0 Å². The summed E-state index contributed by atoms with van der Waals surface area (Å²) in [6.45, 7) is 21.6. The second-order valence-electron chi connectivity index (χ2n) is 13.3. The summed E-state index contributed by atoms with van der Waals surface area (Å²) >= 11 is 0. The Hall–Kier alpha value is -0.530. The van der Waals surface area contributed by atoms with Gasteiger partial charge in [-0.3, -0.25) is 4.79 Å². The Morgan fingerprint density at radius 2 is 1.16 bits per heavy atom. The fourth-order valence-corrected chi connectivity index (χ4v) is 5.35. The fourth-order valence-electron chi connectivity index (χ4n) is 5.35. The lowest BCUT2D eigenvalue weighted by Gasteiger charge is -2.30. The maximum absolute atomic E-state index is 13.1. The summed E-state index contributed by atoms with van der Waals surface area (Å²) in [4.78, 5) is 13.1. The molecule has 0 fully saturated rings. The molecule has 0 aromatic heterocycles. The van der Waals surface area contributed by atoms with E-state index in [2.05, 4.69) is 67.6 Å². The van der Waals surface area contributed by atoms with Crippen LogP contribution in [-0.4, -0.2) is 12.5 Å². The third-order valence-electron chi connectivity index (χ3n) is 6.72. The molecule has 2 heteroatoms. The van der Waals surface area contributed by atoms with Crippen LogP contribution < -0.4 is 5.32 Å². The van der Waals surface area contributed by atoms with Gasteiger partial charge in [-0.05, 0) is 54.8 Å². The zero-order valence-electron chi connectivity index (χ0n) is 23.7. The van der Waals surface area contributed by atoms with Gasteiger partial charge in [-0.1, -0.05) is 120 Å². The normalized spacial score (nSPS) is 15.4. The summed E-state index contributed by atoms with van der Waals surface area (Å²) < 4.78 is 0. The predicted octanol–water partition coefficient (Wildman–Crippen LogP) is 9.56. The van der Waals surface area contributed by atoms with Crippen molar-refractivity contribution >= 4 is 5.91 Å². The molecule has 0 aliphatic heterocycles. The molecule has 3 unspecified atom stereocenters. The van der Waals surface area contributed by atoms with Gasteiger partial charge in [0.1, 0.15) is 0 Å². The van der Waals surface area contributed by atoms with Crippen molar-refractivity contribution in [3.05, 3.63) is 0 Å². The Kier molecular flexibility index (Phi) is 16.7. The molecule has 0 spiro atoms. The van der Waals surface area contributed by atoms with Crippen LogP contribution in [0.25, 0.3) is 0 Å². The Morgan fingerprint density at radius 1 is 0.688 bits per heavy atom. The largest absolute Gasteiger partial charge is 0.356 e. The predicted molar refractivity (Wildman–Crippen MR) is 144 cm³/mol. The number of rotatable bonds is 18. The first-order chi connectivity index (χ1) is 14.9. The highest BCUT2D eigenvalue weighted by Gasteiger charge is 2.29. The van der Waals surface area contributed by atoms with Crippen LogP contribution in [0.3, 0.4) is 0 Å². The van der Waals surface area contributed by atoms with Crippen molar-refractivity contribution in [3.63, 3.8) is 0 Å². The average Bonchev–Trinajstić information content (AvgIpc) is 2.63. The van der Waals surface area contributed by atoms with E-state index in [4.69, 9.17) is 0 Å². The second kappa shape index (κ2) is 17.0. The lowest BCUT2D eigenvalue weighted by Crippen LogP contribution is -2.36. The Morgan fingerprint density at radius 3 is 1.62 bits per heavy atom. The molecule has 0 aromatic rings. The molecule has 0 rings (SSSR count). The first-order valence-electron chi connectivity index (χ1n) is 14.1. The smallest absolute Gasteiger partial charge is 0.223 e. The molecule has 32 heavy (non-hydrogen) atoms. The van der Waals surface area contributed by atoms with Crippen LogP contribution in [0.2, 0.25) is 0 Å². The van der Waals surface area contributed by atoms with E-state index in [1.807, 2.05) is 0 Å². The van der Waals surface area contributed by atoms with Gasteiger partial charge in [0.25, 0.3) is 0 Å². The second-order valence-corrected chi connectivity index (χ2v) is 13.3. The molecular weight excluding hydrogens is 390 g/mol. The van der Waals surface area contributed by atoms with E-state index in [0.29, 0.717) is 23.2 Å². The molecule has 0 saturated carbocycles. The maximum atomic E-state index is 13.1. The van der Waals surface area contributed by atoms with Crippen molar-refractivity contribution in [1.82, 2.24) is 5.32 Å². The maximum Gasteiger partial charge on any atom is 0.223 e. The first-order valence-corrected chi connectivity index (χ1v) is 14.1. The molecular formula is C30H61NO. The highest BCUT2D eigenvalue weighted by molar-refractivity contribution is 5.78. The minimum atomic E-state index is 0.153. The molecule has 2 nitrogen and oxygen atoms in total. The highest BCUT2D eigenvalue weighted by atomic mass is 16.1. The van der Waals surface area contributed by atoms with E-state index in [1.54, 1.807) is 0 Å². The van der Waals surface area contributed by atoms with Gasteiger partial charge in [-0.2, -0.15) is 0 Å². The van der Waals surface area contributed by atoms with Gasteiger partial charge in [-0.15, -0.1) is 0 Å². The third kappa shape index (κ3) is 19.0. The molecule has 192 valence electrons. The number of carbonyl (C=O) groups is 1. The van der Waals surface area contributed by atoms with Crippen LogP contribution in [0.15, 0.2) is 0 Å². The molecule has 1 amide bonds. The Bertz CT molecular complexity index is 456.